The van der Waals surface area contributed by atoms with Crippen molar-refractivity contribution < 1.29 is 23.5 Å². The van der Waals surface area contributed by atoms with E-state index in [1.807, 2.05) is 0 Å². The van der Waals surface area contributed by atoms with Crippen molar-refractivity contribution in [3.63, 3.8) is 0 Å². The quantitative estimate of drug-likeness (QED) is 0.823. The molecule has 7 nitrogen and oxygen atoms in total. The molecule has 0 spiro atoms. The van der Waals surface area contributed by atoms with Crippen molar-refractivity contribution in [1.29, 1.82) is 0 Å². The second-order valence-corrected chi connectivity index (χ2v) is 6.15. The molecule has 1 aliphatic carbocycles. The number of aryl methyl sites for hydroxylation is 2. The second-order valence-electron chi connectivity index (χ2n) is 6.15. The molecule has 1 aromatic rings. The Morgan fingerprint density at radius 3 is 2.33 bits per heavy atom. The monoisotopic (exact) mass is 336 g/mol. The molecular weight excluding hydrogens is 312 g/mol. The minimum Gasteiger partial charge on any atom is -0.465 e. The number of urea groups is 1. The minimum atomic E-state index is -0.660. The Morgan fingerprint density at radius 1 is 1.08 bits per heavy atom. The third-order valence-corrected chi connectivity index (χ3v) is 4.29. The van der Waals surface area contributed by atoms with Gasteiger partial charge in [-0.15, -0.1) is 0 Å². The van der Waals surface area contributed by atoms with Gasteiger partial charge in [0, 0.05) is 11.6 Å². The Kier molecular flexibility index (Phi) is 6.00. The highest BCUT2D eigenvalue weighted by Gasteiger charge is 2.22. The van der Waals surface area contributed by atoms with E-state index in [2.05, 4.69) is 10.6 Å². The lowest BCUT2D eigenvalue weighted by Gasteiger charge is -2.22. The minimum absolute atomic E-state index is 0.105. The first kappa shape index (κ1) is 18.0. The van der Waals surface area contributed by atoms with E-state index in [9.17, 15) is 14.4 Å². The zero-order valence-electron chi connectivity index (χ0n) is 14.4. The van der Waals surface area contributed by atoms with Crippen molar-refractivity contribution in [2.75, 3.05) is 6.61 Å². The summed E-state index contributed by atoms with van der Waals surface area (Å²) in [5.41, 5.74) is 1.01. The largest absolute Gasteiger partial charge is 0.465 e. The van der Waals surface area contributed by atoms with Crippen molar-refractivity contribution in [2.45, 2.75) is 58.9 Å². The van der Waals surface area contributed by atoms with E-state index in [1.165, 1.54) is 6.42 Å². The van der Waals surface area contributed by atoms with E-state index in [-0.39, 0.29) is 6.04 Å². The van der Waals surface area contributed by atoms with E-state index in [0.29, 0.717) is 22.6 Å². The summed E-state index contributed by atoms with van der Waals surface area (Å²) in [6, 6.07) is -0.442. The van der Waals surface area contributed by atoms with E-state index in [4.69, 9.17) is 9.15 Å². The fourth-order valence-electron chi connectivity index (χ4n) is 2.93. The van der Waals surface area contributed by atoms with Gasteiger partial charge in [0.25, 0.3) is 5.91 Å². The Hall–Kier alpha value is -2.31. The fraction of sp³-hybridized carbons (Fsp3) is 0.588. The van der Waals surface area contributed by atoms with Crippen LogP contribution >= 0.6 is 0 Å². The number of hydrogen-bond acceptors (Lipinski definition) is 5. The van der Waals surface area contributed by atoms with Crippen LogP contribution in [0, 0.1) is 20.8 Å². The number of carbonyl (C=O) groups is 3. The highest BCUT2D eigenvalue weighted by molar-refractivity contribution is 5.97. The molecule has 1 fully saturated rings. The molecule has 0 radical (unpaired) electrons. The van der Waals surface area contributed by atoms with Crippen molar-refractivity contribution in [2.24, 2.45) is 0 Å². The number of ether oxygens (including phenoxy) is 1. The average Bonchev–Trinajstić information content (AvgIpc) is 2.78. The van der Waals surface area contributed by atoms with E-state index < -0.39 is 24.5 Å². The van der Waals surface area contributed by atoms with Gasteiger partial charge < -0.3 is 14.5 Å². The van der Waals surface area contributed by atoms with Crippen LogP contribution in [0.25, 0.3) is 0 Å². The van der Waals surface area contributed by atoms with Crippen LogP contribution in [0.15, 0.2) is 4.42 Å². The number of esters is 1. The number of carbonyl (C=O) groups excluding carboxylic acids is 3. The summed E-state index contributed by atoms with van der Waals surface area (Å²) in [5.74, 6) is -0.210. The van der Waals surface area contributed by atoms with Crippen LogP contribution in [-0.2, 0) is 9.53 Å². The maximum Gasteiger partial charge on any atom is 0.342 e. The molecule has 1 saturated carbocycles. The van der Waals surface area contributed by atoms with Crippen molar-refractivity contribution in [3.8, 4) is 0 Å². The standard InChI is InChI=1S/C17H24N2O5/c1-10-11(2)24-12(3)15(10)16(21)23-9-14(20)19-17(22)18-13-7-5-4-6-8-13/h13H,4-9H2,1-3H3,(H2,18,19,20,22). The fourth-order valence-corrected chi connectivity index (χ4v) is 2.93. The molecule has 7 heteroatoms. The molecule has 132 valence electrons. The Labute approximate surface area is 141 Å². The van der Waals surface area contributed by atoms with Gasteiger partial charge in [0.2, 0.25) is 0 Å². The molecule has 24 heavy (non-hydrogen) atoms. The number of imide groups is 1. The SMILES string of the molecule is Cc1oc(C)c(C(=O)OCC(=O)NC(=O)NC2CCCCC2)c1C. The molecule has 0 bridgehead atoms. The van der Waals surface area contributed by atoms with Crippen LogP contribution in [0.1, 0.15) is 59.5 Å². The summed E-state index contributed by atoms with van der Waals surface area (Å²) in [6.45, 7) is 4.65. The highest BCUT2D eigenvalue weighted by atomic mass is 16.5. The number of rotatable bonds is 4. The molecule has 2 rings (SSSR count). The maximum absolute atomic E-state index is 12.0. The zero-order chi connectivity index (χ0) is 17.7. The molecule has 2 N–H and O–H groups in total. The number of nitrogens with one attached hydrogen (secondary N) is 2. The Balaban J connectivity index is 1.78. The summed E-state index contributed by atoms with van der Waals surface area (Å²) < 4.78 is 10.3. The summed E-state index contributed by atoms with van der Waals surface area (Å²) in [6.07, 6.45) is 5.20. The lowest BCUT2D eigenvalue weighted by Crippen LogP contribution is -2.46. The molecule has 3 amide bonds. The molecule has 0 aromatic carbocycles. The van der Waals surface area contributed by atoms with Gasteiger partial charge in [0.1, 0.15) is 17.1 Å². The third kappa shape index (κ3) is 4.59. The highest BCUT2D eigenvalue weighted by Crippen LogP contribution is 2.21. The van der Waals surface area contributed by atoms with Gasteiger partial charge in [-0.05, 0) is 33.6 Å². The molecule has 0 aliphatic heterocycles. The molecule has 1 aromatic heterocycles. The van der Waals surface area contributed by atoms with Crippen molar-refractivity contribution in [1.82, 2.24) is 10.6 Å². The predicted molar refractivity (Wildman–Crippen MR) is 86.7 cm³/mol. The second kappa shape index (κ2) is 7.99. The van der Waals surface area contributed by atoms with Gasteiger partial charge in [0.05, 0.1) is 0 Å². The van der Waals surface area contributed by atoms with Crippen LogP contribution in [0.4, 0.5) is 4.79 Å². The first-order valence-electron chi connectivity index (χ1n) is 8.22. The van der Waals surface area contributed by atoms with E-state index in [1.54, 1.807) is 20.8 Å². The third-order valence-electron chi connectivity index (χ3n) is 4.29. The van der Waals surface area contributed by atoms with Gasteiger partial charge in [-0.1, -0.05) is 19.3 Å². The molecule has 0 saturated heterocycles. The number of hydrogen-bond donors (Lipinski definition) is 2. The topological polar surface area (TPSA) is 97.6 Å². The zero-order valence-corrected chi connectivity index (χ0v) is 14.4. The van der Waals surface area contributed by atoms with Crippen LogP contribution in [-0.4, -0.2) is 30.6 Å². The van der Waals surface area contributed by atoms with Gasteiger partial charge >= 0.3 is 12.0 Å². The smallest absolute Gasteiger partial charge is 0.342 e. The number of amides is 3. The lowest BCUT2D eigenvalue weighted by molar-refractivity contribution is -0.123. The molecule has 0 atom stereocenters. The van der Waals surface area contributed by atoms with Gasteiger partial charge in [-0.25, -0.2) is 9.59 Å². The van der Waals surface area contributed by atoms with E-state index >= 15 is 0 Å². The van der Waals surface area contributed by atoms with Crippen LogP contribution < -0.4 is 10.6 Å². The van der Waals surface area contributed by atoms with Gasteiger partial charge in [0.15, 0.2) is 6.61 Å². The summed E-state index contributed by atoms with van der Waals surface area (Å²) in [7, 11) is 0. The van der Waals surface area contributed by atoms with Gasteiger partial charge in [-0.2, -0.15) is 0 Å². The Bertz CT molecular complexity index is 629. The maximum atomic E-state index is 12.0. The molecule has 0 unspecified atom stereocenters. The first-order valence-corrected chi connectivity index (χ1v) is 8.22. The molecular formula is C17H24N2O5. The average molecular weight is 336 g/mol. The lowest BCUT2D eigenvalue weighted by atomic mass is 9.96. The predicted octanol–water partition coefficient (Wildman–Crippen LogP) is 2.52. The first-order chi connectivity index (χ1) is 11.4. The van der Waals surface area contributed by atoms with E-state index in [0.717, 1.165) is 25.7 Å². The summed E-state index contributed by atoms with van der Waals surface area (Å²) in [4.78, 5) is 35.5. The van der Waals surface area contributed by atoms with Crippen LogP contribution in [0.5, 0.6) is 0 Å². The van der Waals surface area contributed by atoms with Gasteiger partial charge in [-0.3, -0.25) is 10.1 Å². The summed E-state index contributed by atoms with van der Waals surface area (Å²) in [5, 5.41) is 4.94. The van der Waals surface area contributed by atoms with Crippen LogP contribution in [0.2, 0.25) is 0 Å². The molecule has 1 aliphatic rings. The van der Waals surface area contributed by atoms with Crippen molar-refractivity contribution >= 4 is 17.9 Å². The number of furan rings is 1. The Morgan fingerprint density at radius 2 is 1.75 bits per heavy atom. The summed E-state index contributed by atoms with van der Waals surface area (Å²) >= 11 is 0. The molecule has 1 heterocycles. The van der Waals surface area contributed by atoms with Crippen LogP contribution in [0.3, 0.4) is 0 Å². The normalized spacial score (nSPS) is 15.0. The van der Waals surface area contributed by atoms with Crippen molar-refractivity contribution in [3.05, 3.63) is 22.6 Å².